The zero-order valence-electron chi connectivity index (χ0n) is 13.4. The maximum atomic E-state index is 12.2. The summed E-state index contributed by atoms with van der Waals surface area (Å²) in [6.07, 6.45) is 1.93. The fraction of sp³-hybridized carbons (Fsp3) is 0.688. The molecule has 0 saturated carbocycles. The quantitative estimate of drug-likeness (QED) is 0.925. The summed E-state index contributed by atoms with van der Waals surface area (Å²) in [6, 6.07) is 0.249. The van der Waals surface area contributed by atoms with Crippen LogP contribution in [0, 0.1) is 6.92 Å². The molecular weight excluding hydrogens is 284 g/mol. The molecule has 21 heavy (non-hydrogen) atoms. The molecule has 1 unspecified atom stereocenters. The van der Waals surface area contributed by atoms with E-state index in [1.165, 1.54) is 11.1 Å². The lowest BCUT2D eigenvalue weighted by molar-refractivity contribution is 0.0226. The normalized spacial score (nSPS) is 19.0. The van der Waals surface area contributed by atoms with Crippen LogP contribution in [0.15, 0.2) is 10.8 Å². The number of hydrogen-bond donors (Lipinski definition) is 1. The second kappa shape index (κ2) is 6.79. The van der Waals surface area contributed by atoms with Crippen LogP contribution in [0.25, 0.3) is 0 Å². The summed E-state index contributed by atoms with van der Waals surface area (Å²) >= 11 is 1.74. The largest absolute Gasteiger partial charge is 0.444 e. The Morgan fingerprint density at radius 2 is 2.24 bits per heavy atom. The summed E-state index contributed by atoms with van der Waals surface area (Å²) in [5.41, 5.74) is 2.26. The van der Waals surface area contributed by atoms with E-state index in [-0.39, 0.29) is 12.1 Å². The van der Waals surface area contributed by atoms with Crippen LogP contribution in [0.2, 0.25) is 0 Å². The monoisotopic (exact) mass is 310 g/mol. The molecule has 2 heterocycles. The van der Waals surface area contributed by atoms with Gasteiger partial charge in [-0.15, -0.1) is 0 Å². The molecule has 0 radical (unpaired) electrons. The summed E-state index contributed by atoms with van der Waals surface area (Å²) in [5.74, 6) is 0. The van der Waals surface area contributed by atoms with Crippen molar-refractivity contribution in [2.24, 2.45) is 0 Å². The highest BCUT2D eigenvalue weighted by molar-refractivity contribution is 7.08. The van der Waals surface area contributed by atoms with E-state index in [1.807, 2.05) is 25.7 Å². The molecule has 118 valence electrons. The minimum absolute atomic E-state index is 0.182. The zero-order chi connectivity index (χ0) is 15.5. The van der Waals surface area contributed by atoms with Crippen LogP contribution in [0.3, 0.4) is 0 Å². The van der Waals surface area contributed by atoms with Gasteiger partial charge < -0.3 is 15.0 Å². The van der Waals surface area contributed by atoms with Crippen LogP contribution in [0.1, 0.15) is 44.7 Å². The Morgan fingerprint density at radius 1 is 1.48 bits per heavy atom. The van der Waals surface area contributed by atoms with Gasteiger partial charge in [0.2, 0.25) is 0 Å². The van der Waals surface area contributed by atoms with Gasteiger partial charge in [-0.2, -0.15) is 11.3 Å². The van der Waals surface area contributed by atoms with Gasteiger partial charge >= 0.3 is 6.09 Å². The van der Waals surface area contributed by atoms with Gasteiger partial charge in [-0.1, -0.05) is 0 Å². The third-order valence-electron chi connectivity index (χ3n) is 3.66. The highest BCUT2D eigenvalue weighted by Gasteiger charge is 2.31. The SMILES string of the molecule is Cc1cscc1CNCC1CCCN1C(=O)OC(C)(C)C. The van der Waals surface area contributed by atoms with E-state index in [1.54, 1.807) is 11.3 Å². The number of hydrogen-bond acceptors (Lipinski definition) is 4. The van der Waals surface area contributed by atoms with Gasteiger partial charge in [-0.3, -0.25) is 0 Å². The standard InChI is InChI=1S/C16H26N2O2S/c1-12-10-21-11-13(12)8-17-9-14-6-5-7-18(14)15(19)20-16(2,3)4/h10-11,14,17H,5-9H2,1-4H3. The van der Waals surface area contributed by atoms with Crippen molar-refractivity contribution in [2.45, 2.75) is 58.7 Å². The first-order chi connectivity index (χ1) is 9.87. The van der Waals surface area contributed by atoms with Gasteiger partial charge in [0.1, 0.15) is 5.60 Å². The molecule has 1 aromatic heterocycles. The van der Waals surface area contributed by atoms with E-state index in [2.05, 4.69) is 23.0 Å². The zero-order valence-corrected chi connectivity index (χ0v) is 14.3. The molecule has 1 atom stereocenters. The molecule has 1 N–H and O–H groups in total. The molecule has 2 rings (SSSR count). The molecule has 1 aliphatic rings. The summed E-state index contributed by atoms with van der Waals surface area (Å²) in [5, 5.41) is 7.82. The van der Waals surface area contributed by atoms with Crippen LogP contribution in [0.4, 0.5) is 4.79 Å². The summed E-state index contributed by atoms with van der Waals surface area (Å²) in [6.45, 7) is 10.4. The number of carbonyl (C=O) groups is 1. The fourth-order valence-corrected chi connectivity index (χ4v) is 3.41. The number of likely N-dealkylation sites (tertiary alicyclic amines) is 1. The first-order valence-corrected chi connectivity index (χ1v) is 8.53. The second-order valence-corrected chi connectivity index (χ2v) is 7.42. The molecule has 4 nitrogen and oxygen atoms in total. The van der Waals surface area contributed by atoms with Crippen LogP contribution >= 0.6 is 11.3 Å². The first-order valence-electron chi connectivity index (χ1n) is 7.59. The van der Waals surface area contributed by atoms with E-state index >= 15 is 0 Å². The fourth-order valence-electron chi connectivity index (χ4n) is 2.55. The highest BCUT2D eigenvalue weighted by Crippen LogP contribution is 2.20. The lowest BCUT2D eigenvalue weighted by Crippen LogP contribution is -2.44. The molecule has 1 saturated heterocycles. The Labute approximate surface area is 131 Å². The topological polar surface area (TPSA) is 41.6 Å². The number of thiophene rings is 1. The van der Waals surface area contributed by atoms with Crippen LogP contribution < -0.4 is 5.32 Å². The maximum Gasteiger partial charge on any atom is 0.410 e. The molecule has 1 amide bonds. The number of aryl methyl sites for hydroxylation is 1. The van der Waals surface area contributed by atoms with Crippen molar-refractivity contribution in [3.05, 3.63) is 21.9 Å². The third kappa shape index (κ3) is 4.71. The van der Waals surface area contributed by atoms with Crippen LogP contribution in [-0.2, 0) is 11.3 Å². The van der Waals surface area contributed by atoms with Gasteiger partial charge in [-0.25, -0.2) is 4.79 Å². The number of carbonyl (C=O) groups excluding carboxylic acids is 1. The van der Waals surface area contributed by atoms with Crippen molar-refractivity contribution in [1.82, 2.24) is 10.2 Å². The van der Waals surface area contributed by atoms with Crippen molar-refractivity contribution in [3.8, 4) is 0 Å². The molecule has 0 aliphatic carbocycles. The molecule has 0 bridgehead atoms. The molecular formula is C16H26N2O2S. The average Bonchev–Trinajstić information content (AvgIpc) is 2.97. The minimum atomic E-state index is -0.425. The molecule has 5 heteroatoms. The molecule has 0 aromatic carbocycles. The lowest BCUT2D eigenvalue weighted by Gasteiger charge is -2.28. The first kappa shape index (κ1) is 16.3. The Kier molecular flexibility index (Phi) is 5.27. The van der Waals surface area contributed by atoms with Gasteiger partial charge in [0.05, 0.1) is 0 Å². The van der Waals surface area contributed by atoms with Crippen molar-refractivity contribution in [2.75, 3.05) is 13.1 Å². The Bertz CT molecular complexity index is 479. The smallest absolute Gasteiger partial charge is 0.410 e. The van der Waals surface area contributed by atoms with Gasteiger partial charge in [0.25, 0.3) is 0 Å². The number of rotatable bonds is 4. The molecule has 1 aliphatic heterocycles. The lowest BCUT2D eigenvalue weighted by atomic mass is 10.2. The predicted octanol–water partition coefficient (Wildman–Crippen LogP) is 3.55. The third-order valence-corrected chi connectivity index (χ3v) is 4.57. The average molecular weight is 310 g/mol. The van der Waals surface area contributed by atoms with Crippen molar-refractivity contribution in [3.63, 3.8) is 0 Å². The molecule has 0 spiro atoms. The van der Waals surface area contributed by atoms with Gasteiger partial charge in [0.15, 0.2) is 0 Å². The van der Waals surface area contributed by atoms with Gasteiger partial charge in [0, 0.05) is 25.7 Å². The van der Waals surface area contributed by atoms with E-state index in [4.69, 9.17) is 4.74 Å². The van der Waals surface area contributed by atoms with Crippen LogP contribution in [0.5, 0.6) is 0 Å². The molecule has 1 aromatic rings. The summed E-state index contributed by atoms with van der Waals surface area (Å²) < 4.78 is 5.48. The number of ether oxygens (including phenoxy) is 1. The Morgan fingerprint density at radius 3 is 2.86 bits per heavy atom. The van der Waals surface area contributed by atoms with E-state index in [9.17, 15) is 4.79 Å². The number of amides is 1. The van der Waals surface area contributed by atoms with E-state index in [0.29, 0.717) is 0 Å². The highest BCUT2D eigenvalue weighted by atomic mass is 32.1. The van der Waals surface area contributed by atoms with Crippen molar-refractivity contribution in [1.29, 1.82) is 0 Å². The van der Waals surface area contributed by atoms with Crippen molar-refractivity contribution < 1.29 is 9.53 Å². The summed E-state index contributed by atoms with van der Waals surface area (Å²) in [7, 11) is 0. The summed E-state index contributed by atoms with van der Waals surface area (Å²) in [4.78, 5) is 14.1. The maximum absolute atomic E-state index is 12.2. The Hall–Kier alpha value is -1.07. The number of nitrogens with zero attached hydrogens (tertiary/aromatic N) is 1. The minimum Gasteiger partial charge on any atom is -0.444 e. The van der Waals surface area contributed by atoms with Crippen molar-refractivity contribution >= 4 is 17.4 Å². The second-order valence-electron chi connectivity index (χ2n) is 6.68. The predicted molar refractivity (Wildman–Crippen MR) is 86.7 cm³/mol. The Balaban J connectivity index is 1.82. The number of nitrogens with one attached hydrogen (secondary N) is 1. The van der Waals surface area contributed by atoms with Gasteiger partial charge in [-0.05, 0) is 62.4 Å². The molecule has 1 fully saturated rings. The van der Waals surface area contributed by atoms with E-state index < -0.39 is 5.60 Å². The van der Waals surface area contributed by atoms with E-state index in [0.717, 1.165) is 32.5 Å². The van der Waals surface area contributed by atoms with Crippen LogP contribution in [-0.4, -0.2) is 35.7 Å².